The van der Waals surface area contributed by atoms with Gasteiger partial charge in [0.15, 0.2) is 0 Å². The Labute approximate surface area is 194 Å². The van der Waals surface area contributed by atoms with Gasteiger partial charge in [-0.05, 0) is 66.6 Å². The number of rotatable bonds is 5. The molecule has 0 atom stereocenters. The standard InChI is InChI=1S/C27H29N5O/c28-25-30-26(29)32(27(31-25)16-5-2-6-17-27)23-14-12-21(13-15-23)22-10-7-11-24(18-22)33-19-20-8-3-1-4-9-20/h1,3-4,7-15,18H,2,5-6,16-17,19H2,(H4,28,29,30,31). The Morgan fingerprint density at radius 3 is 2.33 bits per heavy atom. The average Bonchev–Trinajstić information content (AvgIpc) is 2.84. The molecule has 0 bridgehead atoms. The molecule has 0 radical (unpaired) electrons. The molecule has 4 N–H and O–H groups in total. The average molecular weight is 440 g/mol. The van der Waals surface area contributed by atoms with Crippen LogP contribution in [0, 0.1) is 0 Å². The highest BCUT2D eigenvalue weighted by atomic mass is 16.5. The van der Waals surface area contributed by atoms with Crippen molar-refractivity contribution in [2.24, 2.45) is 21.5 Å². The predicted molar refractivity (Wildman–Crippen MR) is 134 cm³/mol. The zero-order valence-electron chi connectivity index (χ0n) is 18.7. The molecule has 3 aromatic carbocycles. The Hall–Kier alpha value is -3.80. The number of hydrogen-bond donors (Lipinski definition) is 2. The minimum Gasteiger partial charge on any atom is -0.489 e. The summed E-state index contributed by atoms with van der Waals surface area (Å²) in [4.78, 5) is 11.1. The SMILES string of the molecule is NC1=NC2(CCCCC2)N(c2ccc(-c3cccc(OCc4ccccc4)c3)cc2)C(N)=N1. The van der Waals surface area contributed by atoms with E-state index in [4.69, 9.17) is 21.2 Å². The summed E-state index contributed by atoms with van der Waals surface area (Å²) in [6, 6.07) is 26.7. The maximum atomic E-state index is 6.36. The van der Waals surface area contributed by atoms with Crippen LogP contribution >= 0.6 is 0 Å². The molecule has 1 aliphatic carbocycles. The first kappa shape index (κ1) is 21.1. The minimum absolute atomic E-state index is 0.273. The molecule has 1 spiro atoms. The number of guanidine groups is 2. The molecule has 5 rings (SSSR count). The van der Waals surface area contributed by atoms with E-state index in [1.165, 1.54) is 6.42 Å². The maximum Gasteiger partial charge on any atom is 0.220 e. The summed E-state index contributed by atoms with van der Waals surface area (Å²) in [6.45, 7) is 0.544. The van der Waals surface area contributed by atoms with Crippen LogP contribution in [0.1, 0.15) is 37.7 Å². The number of ether oxygens (including phenoxy) is 1. The molecule has 0 unspecified atom stereocenters. The largest absolute Gasteiger partial charge is 0.489 e. The van der Waals surface area contributed by atoms with E-state index in [-0.39, 0.29) is 5.96 Å². The van der Waals surface area contributed by atoms with Gasteiger partial charge in [-0.1, -0.05) is 61.0 Å². The van der Waals surface area contributed by atoms with Crippen molar-refractivity contribution in [2.75, 3.05) is 4.90 Å². The van der Waals surface area contributed by atoms with E-state index in [1.807, 2.05) is 30.3 Å². The highest BCUT2D eigenvalue weighted by Crippen LogP contribution is 2.40. The van der Waals surface area contributed by atoms with Crippen LogP contribution in [-0.4, -0.2) is 17.6 Å². The van der Waals surface area contributed by atoms with Gasteiger partial charge in [-0.2, -0.15) is 4.99 Å². The van der Waals surface area contributed by atoms with Crippen LogP contribution in [0.5, 0.6) is 5.75 Å². The van der Waals surface area contributed by atoms with Gasteiger partial charge in [-0.15, -0.1) is 0 Å². The van der Waals surface area contributed by atoms with Gasteiger partial charge in [0.05, 0.1) is 0 Å². The number of nitrogens with zero attached hydrogens (tertiary/aromatic N) is 3. The molecular weight excluding hydrogens is 410 g/mol. The predicted octanol–water partition coefficient (Wildman–Crippen LogP) is 5.04. The van der Waals surface area contributed by atoms with Crippen LogP contribution < -0.4 is 21.1 Å². The molecule has 33 heavy (non-hydrogen) atoms. The van der Waals surface area contributed by atoms with Crippen LogP contribution in [0.15, 0.2) is 88.8 Å². The first-order chi connectivity index (χ1) is 16.1. The van der Waals surface area contributed by atoms with E-state index in [9.17, 15) is 0 Å². The van der Waals surface area contributed by atoms with Gasteiger partial charge in [-0.25, -0.2) is 4.99 Å². The van der Waals surface area contributed by atoms with Crippen molar-refractivity contribution in [2.45, 2.75) is 44.4 Å². The second-order valence-electron chi connectivity index (χ2n) is 8.67. The van der Waals surface area contributed by atoms with E-state index in [0.29, 0.717) is 12.6 Å². The van der Waals surface area contributed by atoms with E-state index in [1.54, 1.807) is 0 Å². The summed E-state index contributed by atoms with van der Waals surface area (Å²) < 4.78 is 6.01. The number of anilines is 1. The Bertz CT molecular complexity index is 1160. The zero-order chi connectivity index (χ0) is 22.7. The zero-order valence-corrected chi connectivity index (χ0v) is 18.7. The van der Waals surface area contributed by atoms with Crippen LogP contribution in [0.2, 0.25) is 0 Å². The van der Waals surface area contributed by atoms with Crippen molar-refractivity contribution in [3.8, 4) is 16.9 Å². The lowest BCUT2D eigenvalue weighted by molar-refractivity contribution is 0.305. The molecule has 1 aliphatic heterocycles. The fraction of sp³-hybridized carbons (Fsp3) is 0.259. The molecule has 0 amide bonds. The molecule has 1 saturated carbocycles. The van der Waals surface area contributed by atoms with Crippen LogP contribution in [0.3, 0.4) is 0 Å². The van der Waals surface area contributed by atoms with Gasteiger partial charge < -0.3 is 16.2 Å². The van der Waals surface area contributed by atoms with Crippen LogP contribution in [0.4, 0.5) is 5.69 Å². The Balaban J connectivity index is 1.37. The van der Waals surface area contributed by atoms with Crippen molar-refractivity contribution in [1.29, 1.82) is 0 Å². The van der Waals surface area contributed by atoms with Gasteiger partial charge >= 0.3 is 0 Å². The quantitative estimate of drug-likeness (QED) is 0.583. The Morgan fingerprint density at radius 2 is 1.58 bits per heavy atom. The number of aliphatic imine (C=N–C) groups is 2. The van der Waals surface area contributed by atoms with Gasteiger partial charge in [0.2, 0.25) is 11.9 Å². The maximum absolute atomic E-state index is 6.36. The van der Waals surface area contributed by atoms with E-state index < -0.39 is 5.66 Å². The van der Waals surface area contributed by atoms with Crippen molar-refractivity contribution < 1.29 is 4.74 Å². The van der Waals surface area contributed by atoms with Crippen LogP contribution in [-0.2, 0) is 6.61 Å². The lowest BCUT2D eigenvalue weighted by Gasteiger charge is -2.45. The number of benzene rings is 3. The second kappa shape index (κ2) is 8.98. The summed E-state index contributed by atoms with van der Waals surface area (Å²) in [7, 11) is 0. The van der Waals surface area contributed by atoms with E-state index >= 15 is 0 Å². The van der Waals surface area contributed by atoms with E-state index in [2.05, 4.69) is 58.4 Å². The van der Waals surface area contributed by atoms with Crippen molar-refractivity contribution >= 4 is 17.6 Å². The lowest BCUT2D eigenvalue weighted by Crippen LogP contribution is -2.58. The fourth-order valence-electron chi connectivity index (χ4n) is 4.80. The summed E-state index contributed by atoms with van der Waals surface area (Å²) in [6.07, 6.45) is 5.27. The topological polar surface area (TPSA) is 89.2 Å². The monoisotopic (exact) mass is 439 g/mol. The molecule has 6 heteroatoms. The molecular formula is C27H29N5O. The molecule has 0 aromatic heterocycles. The molecule has 1 heterocycles. The first-order valence-electron chi connectivity index (χ1n) is 11.5. The van der Waals surface area contributed by atoms with Crippen LogP contribution in [0.25, 0.3) is 11.1 Å². The smallest absolute Gasteiger partial charge is 0.220 e. The lowest BCUT2D eigenvalue weighted by atomic mass is 9.87. The summed E-state index contributed by atoms with van der Waals surface area (Å²) >= 11 is 0. The summed E-state index contributed by atoms with van der Waals surface area (Å²) in [5, 5.41) is 0. The van der Waals surface area contributed by atoms with Crippen molar-refractivity contribution in [3.05, 3.63) is 84.4 Å². The van der Waals surface area contributed by atoms with Gasteiger partial charge in [-0.3, -0.25) is 4.90 Å². The fourth-order valence-corrected chi connectivity index (χ4v) is 4.80. The highest BCUT2D eigenvalue weighted by Gasteiger charge is 2.42. The molecule has 1 fully saturated rings. The first-order valence-corrected chi connectivity index (χ1v) is 11.5. The molecule has 2 aliphatic rings. The number of hydrogen-bond acceptors (Lipinski definition) is 6. The molecule has 0 saturated heterocycles. The van der Waals surface area contributed by atoms with Gasteiger partial charge in [0.25, 0.3) is 0 Å². The third kappa shape index (κ3) is 4.42. The van der Waals surface area contributed by atoms with Crippen molar-refractivity contribution in [1.82, 2.24) is 0 Å². The third-order valence-electron chi connectivity index (χ3n) is 6.39. The molecule has 3 aromatic rings. The number of nitrogens with two attached hydrogens (primary N) is 2. The molecule has 168 valence electrons. The van der Waals surface area contributed by atoms with Gasteiger partial charge in [0.1, 0.15) is 18.0 Å². The third-order valence-corrected chi connectivity index (χ3v) is 6.39. The molecule has 6 nitrogen and oxygen atoms in total. The normalized spacial score (nSPS) is 17.4. The Kier molecular flexibility index (Phi) is 5.73. The van der Waals surface area contributed by atoms with Gasteiger partial charge in [0, 0.05) is 5.69 Å². The highest BCUT2D eigenvalue weighted by molar-refractivity contribution is 6.05. The van der Waals surface area contributed by atoms with E-state index in [0.717, 1.165) is 53.8 Å². The minimum atomic E-state index is -0.430. The second-order valence-corrected chi connectivity index (χ2v) is 8.67. The summed E-state index contributed by atoms with van der Waals surface area (Å²) in [5.41, 5.74) is 16.3. The Morgan fingerprint density at radius 1 is 0.818 bits per heavy atom. The van der Waals surface area contributed by atoms with Crippen molar-refractivity contribution in [3.63, 3.8) is 0 Å². The summed E-state index contributed by atoms with van der Waals surface area (Å²) in [5.74, 6) is 1.53.